The van der Waals surface area contributed by atoms with Crippen LogP contribution in [0.4, 0.5) is 0 Å². The van der Waals surface area contributed by atoms with Crippen LogP contribution < -0.4 is 0 Å². The summed E-state index contributed by atoms with van der Waals surface area (Å²) in [6.07, 6.45) is 8.44. The fourth-order valence-electron chi connectivity index (χ4n) is 1.13. The first-order valence-corrected chi connectivity index (χ1v) is 4.56. The summed E-state index contributed by atoms with van der Waals surface area (Å²) in [5, 5.41) is 0. The maximum Gasteiger partial charge on any atom is 0.157 e. The molecule has 1 aliphatic rings. The first kappa shape index (κ1) is 10.1. The lowest BCUT2D eigenvalue weighted by Gasteiger charge is -2.05. The average molecular weight is 178 g/mol. The normalized spacial score (nSPS) is 16.2. The van der Waals surface area contributed by atoms with Crippen LogP contribution in [0.25, 0.3) is 0 Å². The fourth-order valence-corrected chi connectivity index (χ4v) is 1.13. The number of unbranched alkanes of at least 4 members (excludes halogenated alkanes) is 1. The van der Waals surface area contributed by atoms with Gasteiger partial charge in [0.1, 0.15) is 0 Å². The number of hydrogen-bond donors (Lipinski definition) is 0. The summed E-state index contributed by atoms with van der Waals surface area (Å²) in [7, 11) is 0. The molecule has 0 unspecified atom stereocenters. The standard InChI is InChI=1S/C11H14O2/c1-2-3-4-5-6-7-8-11-12-9-10-13-11/h1,11H,3,6-10H2. The summed E-state index contributed by atoms with van der Waals surface area (Å²) >= 11 is 0. The van der Waals surface area contributed by atoms with Gasteiger partial charge >= 0.3 is 0 Å². The van der Waals surface area contributed by atoms with Gasteiger partial charge < -0.3 is 9.47 Å². The molecule has 0 aromatic carbocycles. The van der Waals surface area contributed by atoms with Gasteiger partial charge in [0.15, 0.2) is 6.29 Å². The Balaban J connectivity index is 1.95. The van der Waals surface area contributed by atoms with Gasteiger partial charge in [-0.05, 0) is 12.8 Å². The third kappa shape index (κ3) is 4.58. The minimum Gasteiger partial charge on any atom is -0.350 e. The second-order valence-electron chi connectivity index (χ2n) is 2.80. The van der Waals surface area contributed by atoms with Crippen molar-refractivity contribution in [3.05, 3.63) is 0 Å². The third-order valence-electron chi connectivity index (χ3n) is 1.75. The van der Waals surface area contributed by atoms with Crippen molar-refractivity contribution in [2.45, 2.75) is 32.0 Å². The molecule has 0 aliphatic carbocycles. The van der Waals surface area contributed by atoms with Gasteiger partial charge in [0, 0.05) is 6.42 Å². The molecule has 13 heavy (non-hydrogen) atoms. The van der Waals surface area contributed by atoms with Crippen LogP contribution in [0.15, 0.2) is 0 Å². The van der Waals surface area contributed by atoms with Gasteiger partial charge in [-0.25, -0.2) is 0 Å². The Morgan fingerprint density at radius 2 is 2.00 bits per heavy atom. The molecule has 1 fully saturated rings. The van der Waals surface area contributed by atoms with E-state index in [0.29, 0.717) is 6.42 Å². The molecule has 0 atom stereocenters. The first-order chi connectivity index (χ1) is 6.43. The maximum atomic E-state index is 5.28. The van der Waals surface area contributed by atoms with Gasteiger partial charge in [0.2, 0.25) is 0 Å². The zero-order valence-corrected chi connectivity index (χ0v) is 7.71. The largest absolute Gasteiger partial charge is 0.350 e. The molecule has 0 saturated carbocycles. The average Bonchev–Trinajstić information content (AvgIpc) is 2.63. The van der Waals surface area contributed by atoms with E-state index in [4.69, 9.17) is 15.9 Å². The van der Waals surface area contributed by atoms with Crippen molar-refractivity contribution >= 4 is 0 Å². The Morgan fingerprint density at radius 1 is 1.23 bits per heavy atom. The molecule has 2 heteroatoms. The van der Waals surface area contributed by atoms with E-state index in [-0.39, 0.29) is 6.29 Å². The Kier molecular flexibility index (Phi) is 5.10. The molecule has 1 rings (SSSR count). The SMILES string of the molecule is C#CCC#CCCCC1OCCO1. The minimum absolute atomic E-state index is 0.00873. The maximum absolute atomic E-state index is 5.28. The van der Waals surface area contributed by atoms with Gasteiger partial charge in [-0.1, -0.05) is 11.8 Å². The van der Waals surface area contributed by atoms with Crippen LogP contribution in [0.1, 0.15) is 25.7 Å². The molecule has 1 heterocycles. The van der Waals surface area contributed by atoms with Crippen LogP contribution in [-0.4, -0.2) is 19.5 Å². The van der Waals surface area contributed by atoms with Crippen molar-refractivity contribution in [3.8, 4) is 24.2 Å². The highest BCUT2D eigenvalue weighted by Crippen LogP contribution is 2.10. The van der Waals surface area contributed by atoms with Gasteiger partial charge in [-0.15, -0.1) is 12.3 Å². The van der Waals surface area contributed by atoms with Gasteiger partial charge in [-0.2, -0.15) is 0 Å². The molecule has 0 aromatic heterocycles. The van der Waals surface area contributed by atoms with E-state index < -0.39 is 0 Å². The molecule has 0 amide bonds. The first-order valence-electron chi connectivity index (χ1n) is 4.56. The summed E-state index contributed by atoms with van der Waals surface area (Å²) < 4.78 is 10.6. The van der Waals surface area contributed by atoms with E-state index in [1.807, 2.05) is 0 Å². The molecule has 0 radical (unpaired) electrons. The van der Waals surface area contributed by atoms with Crippen LogP contribution in [-0.2, 0) is 9.47 Å². The second kappa shape index (κ2) is 6.54. The van der Waals surface area contributed by atoms with E-state index in [1.54, 1.807) is 0 Å². The highest BCUT2D eigenvalue weighted by molar-refractivity contribution is 5.07. The lowest BCUT2D eigenvalue weighted by Crippen LogP contribution is -2.06. The second-order valence-corrected chi connectivity index (χ2v) is 2.80. The van der Waals surface area contributed by atoms with Crippen LogP contribution in [0, 0.1) is 24.2 Å². The van der Waals surface area contributed by atoms with Crippen molar-refractivity contribution in [2.24, 2.45) is 0 Å². The fraction of sp³-hybridized carbons (Fsp3) is 0.636. The zero-order chi connectivity index (χ0) is 9.36. The Labute approximate surface area is 79.6 Å². The Morgan fingerprint density at radius 3 is 2.69 bits per heavy atom. The van der Waals surface area contributed by atoms with Crippen LogP contribution >= 0.6 is 0 Å². The Hall–Kier alpha value is -0.960. The summed E-state index contributed by atoms with van der Waals surface area (Å²) in [5.74, 6) is 8.38. The number of rotatable bonds is 3. The highest BCUT2D eigenvalue weighted by Gasteiger charge is 2.14. The molecule has 1 aliphatic heterocycles. The monoisotopic (exact) mass is 178 g/mol. The lowest BCUT2D eigenvalue weighted by atomic mass is 10.2. The summed E-state index contributed by atoms with van der Waals surface area (Å²) in [6, 6.07) is 0. The quantitative estimate of drug-likeness (QED) is 0.482. The van der Waals surface area contributed by atoms with E-state index in [1.165, 1.54) is 0 Å². The topological polar surface area (TPSA) is 18.5 Å². The van der Waals surface area contributed by atoms with Gasteiger partial charge in [-0.3, -0.25) is 0 Å². The molecule has 0 N–H and O–H groups in total. The zero-order valence-electron chi connectivity index (χ0n) is 7.71. The molecule has 2 nitrogen and oxygen atoms in total. The molecular formula is C11H14O2. The number of hydrogen-bond acceptors (Lipinski definition) is 2. The molecule has 1 saturated heterocycles. The summed E-state index contributed by atoms with van der Waals surface area (Å²) in [6.45, 7) is 1.46. The lowest BCUT2D eigenvalue weighted by molar-refractivity contribution is -0.0474. The van der Waals surface area contributed by atoms with Gasteiger partial charge in [0.25, 0.3) is 0 Å². The minimum atomic E-state index is 0.00873. The molecular weight excluding hydrogens is 164 g/mol. The third-order valence-corrected chi connectivity index (χ3v) is 1.75. The van der Waals surface area contributed by atoms with Crippen molar-refractivity contribution < 1.29 is 9.47 Å². The van der Waals surface area contributed by atoms with E-state index >= 15 is 0 Å². The van der Waals surface area contributed by atoms with Crippen molar-refractivity contribution in [3.63, 3.8) is 0 Å². The summed E-state index contributed by atoms with van der Waals surface area (Å²) in [5.41, 5.74) is 0. The number of terminal acetylenes is 1. The van der Waals surface area contributed by atoms with Crippen molar-refractivity contribution in [1.82, 2.24) is 0 Å². The van der Waals surface area contributed by atoms with E-state index in [2.05, 4.69) is 17.8 Å². The van der Waals surface area contributed by atoms with Gasteiger partial charge in [0.05, 0.1) is 19.6 Å². The van der Waals surface area contributed by atoms with Crippen LogP contribution in [0.2, 0.25) is 0 Å². The summed E-state index contributed by atoms with van der Waals surface area (Å²) in [4.78, 5) is 0. The molecule has 0 spiro atoms. The van der Waals surface area contributed by atoms with Crippen LogP contribution in [0.5, 0.6) is 0 Å². The van der Waals surface area contributed by atoms with E-state index in [9.17, 15) is 0 Å². The highest BCUT2D eigenvalue weighted by atomic mass is 16.7. The Bertz CT molecular complexity index is 223. The number of ether oxygens (including phenoxy) is 2. The van der Waals surface area contributed by atoms with Crippen molar-refractivity contribution in [2.75, 3.05) is 13.2 Å². The predicted molar refractivity (Wildman–Crippen MR) is 50.8 cm³/mol. The predicted octanol–water partition coefficient (Wildman–Crippen LogP) is 1.56. The molecule has 70 valence electrons. The van der Waals surface area contributed by atoms with Crippen LogP contribution in [0.3, 0.4) is 0 Å². The molecule has 0 bridgehead atoms. The smallest absolute Gasteiger partial charge is 0.157 e. The molecule has 0 aromatic rings. The van der Waals surface area contributed by atoms with E-state index in [0.717, 1.165) is 32.5 Å². The van der Waals surface area contributed by atoms with Crippen molar-refractivity contribution in [1.29, 1.82) is 0 Å².